The van der Waals surface area contributed by atoms with E-state index in [9.17, 15) is 14.3 Å². The first-order valence-electron chi connectivity index (χ1n) is 5.75. The number of aliphatic hydroxyl groups is 1. The molecule has 0 radical (unpaired) electrons. The molecular formula is C12H15FN2O2. The van der Waals surface area contributed by atoms with Crippen molar-refractivity contribution in [1.82, 2.24) is 10.3 Å². The highest BCUT2D eigenvalue weighted by atomic mass is 19.1. The molecule has 0 aliphatic heterocycles. The van der Waals surface area contributed by atoms with Gasteiger partial charge < -0.3 is 10.4 Å². The number of halogens is 1. The Hall–Kier alpha value is -1.49. The Bertz CT molecular complexity index is 394. The normalized spacial score (nSPS) is 24.4. The van der Waals surface area contributed by atoms with Crippen LogP contribution in [0.25, 0.3) is 0 Å². The van der Waals surface area contributed by atoms with Crippen molar-refractivity contribution < 1.29 is 14.3 Å². The fraction of sp³-hybridized carbons (Fsp3) is 0.500. The van der Waals surface area contributed by atoms with E-state index in [2.05, 4.69) is 10.3 Å². The molecule has 1 aromatic heterocycles. The van der Waals surface area contributed by atoms with Crippen LogP contribution in [0, 0.1) is 5.95 Å². The summed E-state index contributed by atoms with van der Waals surface area (Å²) in [7, 11) is 0. The molecule has 1 fully saturated rings. The number of aromatic nitrogens is 1. The van der Waals surface area contributed by atoms with Crippen molar-refractivity contribution in [2.24, 2.45) is 0 Å². The van der Waals surface area contributed by atoms with E-state index in [0.29, 0.717) is 12.0 Å². The minimum absolute atomic E-state index is 0.00342. The van der Waals surface area contributed by atoms with Crippen molar-refractivity contribution in [3.8, 4) is 0 Å². The largest absolute Gasteiger partial charge is 0.393 e. The summed E-state index contributed by atoms with van der Waals surface area (Å²) in [6, 6.07) is 2.55. The van der Waals surface area contributed by atoms with Gasteiger partial charge in [-0.15, -0.1) is 0 Å². The molecule has 5 heteroatoms. The lowest BCUT2D eigenvalue weighted by atomic mass is 9.93. The van der Waals surface area contributed by atoms with Gasteiger partial charge in [0.05, 0.1) is 11.7 Å². The van der Waals surface area contributed by atoms with E-state index in [1.165, 1.54) is 12.3 Å². The number of hydrogen-bond donors (Lipinski definition) is 2. The number of carbonyl (C=O) groups excluding carboxylic acids is 1. The van der Waals surface area contributed by atoms with E-state index >= 15 is 0 Å². The first-order valence-corrected chi connectivity index (χ1v) is 5.75. The van der Waals surface area contributed by atoms with Crippen molar-refractivity contribution in [2.45, 2.75) is 37.8 Å². The van der Waals surface area contributed by atoms with Crippen molar-refractivity contribution in [2.75, 3.05) is 0 Å². The Morgan fingerprint density at radius 1 is 1.47 bits per heavy atom. The maximum Gasteiger partial charge on any atom is 0.253 e. The van der Waals surface area contributed by atoms with E-state index in [-0.39, 0.29) is 18.1 Å². The Morgan fingerprint density at radius 3 is 2.94 bits per heavy atom. The molecule has 17 heavy (non-hydrogen) atoms. The van der Waals surface area contributed by atoms with Crippen LogP contribution in [0.15, 0.2) is 18.3 Å². The lowest BCUT2D eigenvalue weighted by molar-refractivity contribution is 0.0849. The van der Waals surface area contributed by atoms with Gasteiger partial charge in [0.15, 0.2) is 0 Å². The van der Waals surface area contributed by atoms with E-state index in [1.807, 2.05) is 0 Å². The highest BCUT2D eigenvalue weighted by Gasteiger charge is 2.22. The molecule has 2 N–H and O–H groups in total. The molecule has 2 unspecified atom stereocenters. The van der Waals surface area contributed by atoms with Crippen LogP contribution in [-0.4, -0.2) is 28.1 Å². The molecule has 0 spiro atoms. The van der Waals surface area contributed by atoms with Gasteiger partial charge in [-0.2, -0.15) is 4.39 Å². The van der Waals surface area contributed by atoms with Gasteiger partial charge in [-0.05, 0) is 37.8 Å². The van der Waals surface area contributed by atoms with E-state index < -0.39 is 5.95 Å². The summed E-state index contributed by atoms with van der Waals surface area (Å²) in [5.74, 6) is -0.869. The van der Waals surface area contributed by atoms with E-state index in [4.69, 9.17) is 0 Å². The molecule has 4 nitrogen and oxygen atoms in total. The fourth-order valence-electron chi connectivity index (χ4n) is 2.07. The standard InChI is InChI=1S/C12H15FN2O2/c13-11-5-4-8(7-14-11)12(17)15-9-2-1-3-10(16)6-9/h4-5,7,9-10,16H,1-3,6H2,(H,15,17). The Kier molecular flexibility index (Phi) is 3.68. The van der Waals surface area contributed by atoms with Crippen LogP contribution in [0.5, 0.6) is 0 Å². The summed E-state index contributed by atoms with van der Waals surface area (Å²) in [6.07, 6.45) is 4.04. The van der Waals surface area contributed by atoms with Crippen LogP contribution in [-0.2, 0) is 0 Å². The monoisotopic (exact) mass is 238 g/mol. The average molecular weight is 238 g/mol. The van der Waals surface area contributed by atoms with Crippen LogP contribution in [0.1, 0.15) is 36.0 Å². The van der Waals surface area contributed by atoms with Gasteiger partial charge >= 0.3 is 0 Å². The van der Waals surface area contributed by atoms with Gasteiger partial charge in [0.1, 0.15) is 0 Å². The Morgan fingerprint density at radius 2 is 2.29 bits per heavy atom. The predicted octanol–water partition coefficient (Wildman–Crippen LogP) is 1.25. The van der Waals surface area contributed by atoms with Crippen LogP contribution in [0.3, 0.4) is 0 Å². The van der Waals surface area contributed by atoms with Gasteiger partial charge in [-0.25, -0.2) is 4.98 Å². The smallest absolute Gasteiger partial charge is 0.253 e. The zero-order valence-electron chi connectivity index (χ0n) is 9.40. The number of aliphatic hydroxyl groups excluding tert-OH is 1. The van der Waals surface area contributed by atoms with Gasteiger partial charge in [-0.3, -0.25) is 4.79 Å². The topological polar surface area (TPSA) is 62.2 Å². The summed E-state index contributed by atoms with van der Waals surface area (Å²) >= 11 is 0. The molecule has 0 bridgehead atoms. The van der Waals surface area contributed by atoms with Crippen molar-refractivity contribution in [3.63, 3.8) is 0 Å². The second-order valence-corrected chi connectivity index (χ2v) is 4.36. The summed E-state index contributed by atoms with van der Waals surface area (Å²) in [6.45, 7) is 0. The fourth-order valence-corrected chi connectivity index (χ4v) is 2.07. The molecule has 1 aliphatic rings. The number of hydrogen-bond acceptors (Lipinski definition) is 3. The van der Waals surface area contributed by atoms with Gasteiger partial charge in [0.25, 0.3) is 5.91 Å². The molecule has 2 atom stereocenters. The molecule has 1 aromatic rings. The minimum atomic E-state index is -0.602. The highest BCUT2D eigenvalue weighted by Crippen LogP contribution is 2.18. The lowest BCUT2D eigenvalue weighted by Gasteiger charge is -2.26. The van der Waals surface area contributed by atoms with Crippen molar-refractivity contribution >= 4 is 5.91 Å². The number of rotatable bonds is 2. The average Bonchev–Trinajstić information content (AvgIpc) is 2.29. The molecular weight excluding hydrogens is 223 g/mol. The zero-order valence-corrected chi connectivity index (χ0v) is 9.40. The maximum absolute atomic E-state index is 12.6. The van der Waals surface area contributed by atoms with Crippen LogP contribution < -0.4 is 5.32 Å². The van der Waals surface area contributed by atoms with Gasteiger partial charge in [0.2, 0.25) is 5.95 Å². The summed E-state index contributed by atoms with van der Waals surface area (Å²) in [5, 5.41) is 12.3. The van der Waals surface area contributed by atoms with Crippen LogP contribution in [0.2, 0.25) is 0 Å². The second kappa shape index (κ2) is 5.23. The van der Waals surface area contributed by atoms with Crippen molar-refractivity contribution in [1.29, 1.82) is 0 Å². The van der Waals surface area contributed by atoms with E-state index in [1.54, 1.807) is 0 Å². The molecule has 1 aliphatic carbocycles. The van der Waals surface area contributed by atoms with Crippen LogP contribution in [0.4, 0.5) is 4.39 Å². The predicted molar refractivity (Wildman–Crippen MR) is 59.9 cm³/mol. The number of nitrogens with one attached hydrogen (secondary N) is 1. The first-order chi connectivity index (χ1) is 8.15. The number of pyridine rings is 1. The Labute approximate surface area is 98.9 Å². The third kappa shape index (κ3) is 3.23. The molecule has 1 saturated carbocycles. The Balaban J connectivity index is 1.94. The minimum Gasteiger partial charge on any atom is -0.393 e. The molecule has 1 heterocycles. The molecule has 2 rings (SSSR count). The SMILES string of the molecule is O=C(NC1CCCC(O)C1)c1ccc(F)nc1. The maximum atomic E-state index is 12.6. The van der Waals surface area contributed by atoms with Gasteiger partial charge in [-0.1, -0.05) is 0 Å². The highest BCUT2D eigenvalue weighted by molar-refractivity contribution is 5.94. The van der Waals surface area contributed by atoms with E-state index in [0.717, 1.165) is 25.3 Å². The first kappa shape index (κ1) is 12.0. The lowest BCUT2D eigenvalue weighted by Crippen LogP contribution is -2.39. The summed E-state index contributed by atoms with van der Waals surface area (Å²) in [5.41, 5.74) is 0.339. The summed E-state index contributed by atoms with van der Waals surface area (Å²) < 4.78 is 12.6. The third-order valence-electron chi connectivity index (χ3n) is 2.97. The number of carbonyl (C=O) groups is 1. The second-order valence-electron chi connectivity index (χ2n) is 4.36. The number of amides is 1. The molecule has 92 valence electrons. The summed E-state index contributed by atoms with van der Waals surface area (Å²) in [4.78, 5) is 15.2. The van der Waals surface area contributed by atoms with Gasteiger partial charge in [0, 0.05) is 12.2 Å². The van der Waals surface area contributed by atoms with Crippen molar-refractivity contribution in [3.05, 3.63) is 29.8 Å². The molecule has 0 aromatic carbocycles. The molecule has 0 saturated heterocycles. The van der Waals surface area contributed by atoms with Crippen LogP contribution >= 0.6 is 0 Å². The third-order valence-corrected chi connectivity index (χ3v) is 2.97. The number of nitrogens with zero attached hydrogens (tertiary/aromatic N) is 1. The molecule has 1 amide bonds. The quantitative estimate of drug-likeness (QED) is 0.762. The zero-order chi connectivity index (χ0) is 12.3.